The molecule has 1 fully saturated rings. The Bertz CT molecular complexity index is 442. The first-order chi connectivity index (χ1) is 9.52. The molecule has 0 bridgehead atoms. The Labute approximate surface area is 121 Å². The van der Waals surface area contributed by atoms with Crippen LogP contribution in [-0.4, -0.2) is 42.7 Å². The van der Waals surface area contributed by atoms with Gasteiger partial charge >= 0.3 is 0 Å². The van der Waals surface area contributed by atoms with Gasteiger partial charge in [-0.2, -0.15) is 0 Å². The molecule has 1 aromatic rings. The number of benzene rings is 1. The van der Waals surface area contributed by atoms with Crippen LogP contribution in [-0.2, 0) is 0 Å². The van der Waals surface area contributed by atoms with Crippen molar-refractivity contribution in [3.8, 4) is 0 Å². The van der Waals surface area contributed by atoms with Crippen molar-refractivity contribution in [1.29, 1.82) is 0 Å². The van der Waals surface area contributed by atoms with Gasteiger partial charge in [0.15, 0.2) is 0 Å². The highest BCUT2D eigenvalue weighted by atomic mass is 19.1. The normalized spacial score (nSPS) is 19.1. The molecule has 0 saturated carbocycles. The van der Waals surface area contributed by atoms with Gasteiger partial charge in [0.25, 0.3) is 0 Å². The maximum atomic E-state index is 14.2. The average molecular weight is 280 g/mol. The van der Waals surface area contributed by atoms with Gasteiger partial charge in [0.2, 0.25) is 0 Å². The Kier molecular flexibility index (Phi) is 5.00. The molecule has 0 aliphatic carbocycles. The molecule has 0 spiro atoms. The van der Waals surface area contributed by atoms with Crippen LogP contribution in [0.1, 0.15) is 38.4 Å². The maximum absolute atomic E-state index is 14.2. The Morgan fingerprint density at radius 1 is 1.40 bits per heavy atom. The topological polar surface area (TPSA) is 26.7 Å². The summed E-state index contributed by atoms with van der Waals surface area (Å²) in [6.45, 7) is 7.09. The van der Waals surface area contributed by atoms with Crippen LogP contribution >= 0.6 is 0 Å². The van der Waals surface area contributed by atoms with Crippen molar-refractivity contribution in [2.45, 2.75) is 38.8 Å². The van der Waals surface area contributed by atoms with E-state index in [9.17, 15) is 9.50 Å². The number of aliphatic hydroxyl groups is 1. The number of halogens is 1. The van der Waals surface area contributed by atoms with E-state index in [2.05, 4.69) is 11.8 Å². The molecule has 0 amide bonds. The molecule has 1 N–H and O–H groups in total. The molecule has 1 aliphatic heterocycles. The molecule has 1 aliphatic rings. The molecule has 3 nitrogen and oxygen atoms in total. The van der Waals surface area contributed by atoms with Gasteiger partial charge in [-0.3, -0.25) is 0 Å². The number of hydrogen-bond acceptors (Lipinski definition) is 3. The minimum Gasteiger partial charge on any atom is -0.389 e. The van der Waals surface area contributed by atoms with Crippen LogP contribution in [0.2, 0.25) is 0 Å². The molecule has 0 radical (unpaired) electrons. The van der Waals surface area contributed by atoms with Crippen molar-refractivity contribution in [2.75, 3.05) is 31.6 Å². The van der Waals surface area contributed by atoms with Gasteiger partial charge in [0, 0.05) is 26.2 Å². The summed E-state index contributed by atoms with van der Waals surface area (Å²) in [5.41, 5.74) is 1.25. The van der Waals surface area contributed by atoms with Crippen molar-refractivity contribution >= 4 is 5.69 Å². The van der Waals surface area contributed by atoms with Crippen molar-refractivity contribution in [1.82, 2.24) is 4.90 Å². The van der Waals surface area contributed by atoms with Crippen molar-refractivity contribution in [3.63, 3.8) is 0 Å². The summed E-state index contributed by atoms with van der Waals surface area (Å²) >= 11 is 0. The molecule has 4 heteroatoms. The van der Waals surface area contributed by atoms with E-state index in [-0.39, 0.29) is 5.82 Å². The largest absolute Gasteiger partial charge is 0.389 e. The van der Waals surface area contributed by atoms with Crippen LogP contribution in [0, 0.1) is 5.82 Å². The molecule has 0 aromatic heterocycles. The molecule has 1 heterocycles. The van der Waals surface area contributed by atoms with Gasteiger partial charge in [-0.25, -0.2) is 4.39 Å². The minimum absolute atomic E-state index is 0.246. The summed E-state index contributed by atoms with van der Waals surface area (Å²) in [4.78, 5) is 4.48. The Hall–Kier alpha value is -1.13. The van der Waals surface area contributed by atoms with Crippen molar-refractivity contribution in [2.24, 2.45) is 0 Å². The van der Waals surface area contributed by atoms with E-state index in [0.717, 1.165) is 32.5 Å². The Morgan fingerprint density at radius 2 is 2.05 bits per heavy atom. The van der Waals surface area contributed by atoms with E-state index in [4.69, 9.17) is 0 Å². The fraction of sp³-hybridized carbons (Fsp3) is 0.625. The van der Waals surface area contributed by atoms with E-state index in [1.807, 2.05) is 11.9 Å². The lowest BCUT2D eigenvalue weighted by Gasteiger charge is -2.37. The summed E-state index contributed by atoms with van der Waals surface area (Å²) in [5.74, 6) is -0.246. The standard InChI is InChI=1S/C16H25FN2O/c1-4-19-9-7-14(8-10-19)18(3)16-6-5-13(12(2)20)11-15(16)17/h5-6,11-12,14,20H,4,7-10H2,1-3H3/t12-/m0/s1. The number of rotatable bonds is 4. The van der Waals surface area contributed by atoms with E-state index >= 15 is 0 Å². The number of aliphatic hydroxyl groups excluding tert-OH is 1. The second-order valence-corrected chi connectivity index (χ2v) is 5.66. The molecule has 1 atom stereocenters. The van der Waals surface area contributed by atoms with Crippen molar-refractivity contribution in [3.05, 3.63) is 29.6 Å². The summed E-state index contributed by atoms with van der Waals surface area (Å²) in [5, 5.41) is 9.50. The molecule has 20 heavy (non-hydrogen) atoms. The molecule has 1 aromatic carbocycles. The van der Waals surface area contributed by atoms with Crippen LogP contribution in [0.15, 0.2) is 18.2 Å². The number of hydrogen-bond donors (Lipinski definition) is 1. The fourth-order valence-electron chi connectivity index (χ4n) is 2.89. The fourth-order valence-corrected chi connectivity index (χ4v) is 2.89. The summed E-state index contributed by atoms with van der Waals surface area (Å²) in [6, 6.07) is 5.42. The van der Waals surface area contributed by atoms with Crippen LogP contribution in [0.4, 0.5) is 10.1 Å². The molecular formula is C16H25FN2O. The maximum Gasteiger partial charge on any atom is 0.146 e. The van der Waals surface area contributed by atoms with Crippen LogP contribution in [0.5, 0.6) is 0 Å². The minimum atomic E-state index is -0.628. The monoisotopic (exact) mass is 280 g/mol. The first-order valence-electron chi connectivity index (χ1n) is 7.45. The van der Waals surface area contributed by atoms with E-state index in [1.165, 1.54) is 6.07 Å². The highest BCUT2D eigenvalue weighted by Crippen LogP contribution is 2.27. The summed E-state index contributed by atoms with van der Waals surface area (Å²) < 4.78 is 14.2. The van der Waals surface area contributed by atoms with E-state index < -0.39 is 6.10 Å². The van der Waals surface area contributed by atoms with Crippen LogP contribution in [0.25, 0.3) is 0 Å². The quantitative estimate of drug-likeness (QED) is 0.918. The number of nitrogens with zero attached hydrogens (tertiary/aromatic N) is 2. The predicted molar refractivity (Wildman–Crippen MR) is 80.6 cm³/mol. The third-order valence-corrected chi connectivity index (χ3v) is 4.39. The highest BCUT2D eigenvalue weighted by Gasteiger charge is 2.23. The van der Waals surface area contributed by atoms with Gasteiger partial charge in [-0.05, 0) is 44.0 Å². The lowest BCUT2D eigenvalue weighted by molar-refractivity contribution is 0.199. The van der Waals surface area contributed by atoms with Crippen LogP contribution in [0.3, 0.4) is 0 Å². The molecule has 1 saturated heterocycles. The van der Waals surface area contributed by atoms with Gasteiger partial charge in [0.1, 0.15) is 5.82 Å². The van der Waals surface area contributed by atoms with Gasteiger partial charge in [0.05, 0.1) is 11.8 Å². The lowest BCUT2D eigenvalue weighted by Crippen LogP contribution is -2.43. The first kappa shape index (κ1) is 15.3. The zero-order valence-corrected chi connectivity index (χ0v) is 12.6. The first-order valence-corrected chi connectivity index (χ1v) is 7.45. The van der Waals surface area contributed by atoms with Gasteiger partial charge in [-0.1, -0.05) is 13.0 Å². The number of piperidine rings is 1. The average Bonchev–Trinajstić information content (AvgIpc) is 2.46. The highest BCUT2D eigenvalue weighted by molar-refractivity contribution is 5.49. The number of anilines is 1. The molecule has 112 valence electrons. The third kappa shape index (κ3) is 3.30. The summed E-state index contributed by atoms with van der Waals surface area (Å²) in [7, 11) is 1.97. The van der Waals surface area contributed by atoms with E-state index in [0.29, 0.717) is 17.3 Å². The molecule has 0 unspecified atom stereocenters. The predicted octanol–water partition coefficient (Wildman–Crippen LogP) is 2.80. The Morgan fingerprint density at radius 3 is 2.55 bits per heavy atom. The summed E-state index contributed by atoms with van der Waals surface area (Å²) in [6.07, 6.45) is 1.51. The SMILES string of the molecule is CCN1CCC(N(C)c2ccc([C@H](C)O)cc2F)CC1. The van der Waals surface area contributed by atoms with Crippen molar-refractivity contribution < 1.29 is 9.50 Å². The van der Waals surface area contributed by atoms with Crippen LogP contribution < -0.4 is 4.90 Å². The van der Waals surface area contributed by atoms with Gasteiger partial charge < -0.3 is 14.9 Å². The van der Waals surface area contributed by atoms with E-state index in [1.54, 1.807) is 19.1 Å². The molecular weight excluding hydrogens is 255 g/mol. The third-order valence-electron chi connectivity index (χ3n) is 4.39. The number of likely N-dealkylation sites (tertiary alicyclic amines) is 1. The lowest BCUT2D eigenvalue weighted by atomic mass is 10.0. The zero-order valence-electron chi connectivity index (χ0n) is 12.6. The second-order valence-electron chi connectivity index (χ2n) is 5.66. The molecule has 2 rings (SSSR count). The van der Waals surface area contributed by atoms with Gasteiger partial charge in [-0.15, -0.1) is 0 Å². The second kappa shape index (κ2) is 6.55. The zero-order chi connectivity index (χ0) is 14.7. The smallest absolute Gasteiger partial charge is 0.146 e. The Balaban J connectivity index is 2.07.